The van der Waals surface area contributed by atoms with E-state index < -0.39 is 0 Å². The van der Waals surface area contributed by atoms with Crippen molar-refractivity contribution in [3.8, 4) is 23.4 Å². The lowest BCUT2D eigenvalue weighted by Crippen LogP contribution is -2.21. The maximum absolute atomic E-state index is 9.21. The van der Waals surface area contributed by atoms with Crippen LogP contribution < -0.4 is 14.1 Å². The second-order valence-corrected chi connectivity index (χ2v) is 7.14. The third kappa shape index (κ3) is 4.11. The average molecular weight is 385 g/mol. The molecule has 0 saturated heterocycles. The predicted octanol–water partition coefficient (Wildman–Crippen LogP) is 3.68. The molecule has 0 fully saturated rings. The number of rotatable bonds is 5. The van der Waals surface area contributed by atoms with Gasteiger partial charge in [-0.05, 0) is 37.6 Å². The van der Waals surface area contributed by atoms with Gasteiger partial charge >= 0.3 is 0 Å². The molecule has 0 unspecified atom stereocenters. The molecule has 0 aliphatic rings. The van der Waals surface area contributed by atoms with Gasteiger partial charge in [0.25, 0.3) is 0 Å². The fourth-order valence-corrected chi connectivity index (χ4v) is 3.98. The normalized spacial score (nSPS) is 10.9. The fourth-order valence-electron chi connectivity index (χ4n) is 2.98. The molecule has 0 radical (unpaired) electrons. The van der Waals surface area contributed by atoms with Crippen molar-refractivity contribution < 1.29 is 0 Å². The molecule has 0 aliphatic heterocycles. The molecule has 0 amide bonds. The van der Waals surface area contributed by atoms with Crippen molar-refractivity contribution in [1.82, 2.24) is 4.98 Å². The molecule has 2 aromatic carbocycles. The number of nitrogens with zero attached hydrogens (tertiary/aromatic N) is 4. The van der Waals surface area contributed by atoms with Crippen LogP contribution in [0.4, 0.5) is 5.69 Å². The van der Waals surface area contributed by atoms with Gasteiger partial charge in [0.05, 0.1) is 10.2 Å². The maximum Gasteiger partial charge on any atom is 0.165 e. The largest absolute Gasteiger partial charge is 0.372 e. The Hall–Kier alpha value is -3.41. The zero-order valence-electron chi connectivity index (χ0n) is 15.9. The summed E-state index contributed by atoms with van der Waals surface area (Å²) in [5, 5.41) is 18.4. The van der Waals surface area contributed by atoms with Crippen LogP contribution in [-0.2, 0) is 0 Å². The van der Waals surface area contributed by atoms with Gasteiger partial charge in [-0.2, -0.15) is 10.5 Å². The standard InChI is InChI=1S/C23H20N4S/c1-3-27(4-2)20-12-10-17(11-13-20)14-21-22(18-8-6-5-7-9-18)26-23(28-21)19(15-24)16-25/h5-14H,3-4H2,1-2H3/b21-14+. The first-order valence-corrected chi connectivity index (χ1v) is 9.95. The van der Waals surface area contributed by atoms with Crippen molar-refractivity contribution in [1.29, 1.82) is 10.5 Å². The third-order valence-electron chi connectivity index (χ3n) is 4.46. The lowest BCUT2D eigenvalue weighted by Gasteiger charge is -2.20. The summed E-state index contributed by atoms with van der Waals surface area (Å²) in [6, 6.07) is 22.1. The lowest BCUT2D eigenvalue weighted by atomic mass is 10.1. The van der Waals surface area contributed by atoms with Crippen LogP contribution >= 0.6 is 11.3 Å². The van der Waals surface area contributed by atoms with Crippen LogP contribution in [0.5, 0.6) is 0 Å². The summed E-state index contributed by atoms with van der Waals surface area (Å²) in [6.07, 6.45) is 2.06. The Bertz CT molecular complexity index is 1130. The molecule has 0 atom stereocenters. The van der Waals surface area contributed by atoms with E-state index in [-0.39, 0.29) is 5.57 Å². The molecule has 3 rings (SSSR count). The molecular formula is C23H20N4S. The highest BCUT2D eigenvalue weighted by Gasteiger charge is 2.08. The van der Waals surface area contributed by atoms with Gasteiger partial charge in [0.2, 0.25) is 0 Å². The summed E-state index contributed by atoms with van der Waals surface area (Å²) in [4.78, 5) is 6.88. The van der Waals surface area contributed by atoms with Gasteiger partial charge in [-0.3, -0.25) is 0 Å². The molecule has 0 aliphatic carbocycles. The van der Waals surface area contributed by atoms with Gasteiger partial charge < -0.3 is 4.90 Å². The SMILES string of the molecule is CCN(CC)c1ccc(/C=c2/sc(=C(C#N)C#N)nc2-c2ccccc2)cc1. The van der Waals surface area contributed by atoms with E-state index in [2.05, 4.69) is 54.1 Å². The third-order valence-corrected chi connectivity index (χ3v) is 5.48. The summed E-state index contributed by atoms with van der Waals surface area (Å²) < 4.78 is 1.38. The molecule has 0 N–H and O–H groups in total. The van der Waals surface area contributed by atoms with E-state index in [1.54, 1.807) is 0 Å². The van der Waals surface area contributed by atoms with Crippen LogP contribution in [0.2, 0.25) is 0 Å². The Balaban J connectivity index is 2.14. The van der Waals surface area contributed by atoms with Crippen molar-refractivity contribution in [2.24, 2.45) is 0 Å². The van der Waals surface area contributed by atoms with E-state index in [9.17, 15) is 10.5 Å². The molecular weight excluding hydrogens is 364 g/mol. The number of benzene rings is 2. The van der Waals surface area contributed by atoms with Gasteiger partial charge in [0, 0.05) is 24.3 Å². The summed E-state index contributed by atoms with van der Waals surface area (Å²) in [7, 11) is 0. The van der Waals surface area contributed by atoms with Gasteiger partial charge in [-0.1, -0.05) is 42.5 Å². The van der Waals surface area contributed by atoms with Crippen molar-refractivity contribution in [2.75, 3.05) is 18.0 Å². The number of hydrogen-bond acceptors (Lipinski definition) is 5. The minimum absolute atomic E-state index is 0.0405. The van der Waals surface area contributed by atoms with Gasteiger partial charge in [0.15, 0.2) is 5.57 Å². The quantitative estimate of drug-likeness (QED) is 0.673. The van der Waals surface area contributed by atoms with Crippen LogP contribution in [0.3, 0.4) is 0 Å². The Morgan fingerprint density at radius 3 is 2.21 bits per heavy atom. The van der Waals surface area contributed by atoms with Crippen molar-refractivity contribution in [3.05, 3.63) is 69.4 Å². The first-order valence-electron chi connectivity index (χ1n) is 9.13. The molecule has 3 aromatic rings. The van der Waals surface area contributed by atoms with Crippen molar-refractivity contribution >= 4 is 28.7 Å². The molecule has 1 aromatic heterocycles. The highest BCUT2D eigenvalue weighted by molar-refractivity contribution is 7.08. The fraction of sp³-hybridized carbons (Fsp3) is 0.174. The Morgan fingerprint density at radius 2 is 1.64 bits per heavy atom. The van der Waals surface area contributed by atoms with Gasteiger partial charge in [0.1, 0.15) is 16.8 Å². The van der Waals surface area contributed by atoms with Crippen LogP contribution in [0, 0.1) is 22.7 Å². The molecule has 138 valence electrons. The summed E-state index contributed by atoms with van der Waals surface area (Å²) in [5.74, 6) is 0. The lowest BCUT2D eigenvalue weighted by molar-refractivity contribution is 0.866. The van der Waals surface area contributed by atoms with Crippen LogP contribution in [-0.4, -0.2) is 18.1 Å². The van der Waals surface area contributed by atoms with E-state index in [4.69, 9.17) is 0 Å². The second-order valence-electron chi connectivity index (χ2n) is 6.10. The number of nitriles is 2. The average Bonchev–Trinajstić information content (AvgIpc) is 3.15. The number of thiazole rings is 1. The molecule has 0 saturated carbocycles. The Labute approximate surface area is 168 Å². The molecule has 28 heavy (non-hydrogen) atoms. The smallest absolute Gasteiger partial charge is 0.165 e. The van der Waals surface area contributed by atoms with E-state index in [1.165, 1.54) is 17.0 Å². The second kappa shape index (κ2) is 8.99. The highest BCUT2D eigenvalue weighted by Crippen LogP contribution is 2.17. The number of anilines is 1. The highest BCUT2D eigenvalue weighted by atomic mass is 32.1. The van der Waals surface area contributed by atoms with Gasteiger partial charge in [-0.15, -0.1) is 11.3 Å². The number of aromatic nitrogens is 1. The van der Waals surface area contributed by atoms with Crippen LogP contribution in [0.15, 0.2) is 54.6 Å². The monoisotopic (exact) mass is 384 g/mol. The minimum Gasteiger partial charge on any atom is -0.372 e. The molecule has 0 bridgehead atoms. The first kappa shape index (κ1) is 19.4. The minimum atomic E-state index is 0.0405. The molecule has 0 spiro atoms. The molecule has 4 nitrogen and oxygen atoms in total. The first-order chi connectivity index (χ1) is 13.7. The van der Waals surface area contributed by atoms with Crippen molar-refractivity contribution in [2.45, 2.75) is 13.8 Å². The molecule has 5 heteroatoms. The van der Waals surface area contributed by atoms with E-state index in [0.29, 0.717) is 4.66 Å². The summed E-state index contributed by atoms with van der Waals surface area (Å²) in [5.41, 5.74) is 4.04. The summed E-state index contributed by atoms with van der Waals surface area (Å²) >= 11 is 1.37. The summed E-state index contributed by atoms with van der Waals surface area (Å²) in [6.45, 7) is 6.23. The van der Waals surface area contributed by atoms with Crippen molar-refractivity contribution in [3.63, 3.8) is 0 Å². The maximum atomic E-state index is 9.21. The van der Waals surface area contributed by atoms with Crippen LogP contribution in [0.1, 0.15) is 19.4 Å². The van der Waals surface area contributed by atoms with E-state index >= 15 is 0 Å². The van der Waals surface area contributed by atoms with E-state index in [1.807, 2.05) is 42.5 Å². The zero-order valence-corrected chi connectivity index (χ0v) is 16.7. The predicted molar refractivity (Wildman–Crippen MR) is 115 cm³/mol. The Morgan fingerprint density at radius 1 is 1.00 bits per heavy atom. The Kier molecular flexibility index (Phi) is 6.22. The van der Waals surface area contributed by atoms with E-state index in [0.717, 1.165) is 34.4 Å². The zero-order chi connectivity index (χ0) is 19.9. The van der Waals surface area contributed by atoms with Gasteiger partial charge in [-0.25, -0.2) is 4.98 Å². The molecule has 1 heterocycles. The van der Waals surface area contributed by atoms with Crippen LogP contribution in [0.25, 0.3) is 22.9 Å². The topological polar surface area (TPSA) is 63.7 Å². The number of hydrogen-bond donors (Lipinski definition) is 0.